The molecule has 0 fully saturated rings. The summed E-state index contributed by atoms with van der Waals surface area (Å²) < 4.78 is 30.6. The number of carboxylic acid groups (broad SMARTS) is 1. The van der Waals surface area contributed by atoms with E-state index in [9.17, 15) is 13.6 Å². The van der Waals surface area contributed by atoms with Gasteiger partial charge in [-0.3, -0.25) is 4.79 Å². The lowest BCUT2D eigenvalue weighted by Gasteiger charge is -2.14. The number of ether oxygens (including phenoxy) is 1. The number of carboxylic acids is 1. The van der Waals surface area contributed by atoms with E-state index in [4.69, 9.17) is 9.84 Å². The molecule has 0 aliphatic heterocycles. The molecule has 100 valence electrons. The van der Waals surface area contributed by atoms with Crippen LogP contribution in [0.4, 0.5) is 8.78 Å². The molecule has 4 nitrogen and oxygen atoms in total. The molecule has 0 aliphatic carbocycles. The molecule has 1 rings (SSSR count). The molecule has 0 radical (unpaired) electrons. The van der Waals surface area contributed by atoms with Crippen molar-refractivity contribution in [3.63, 3.8) is 0 Å². The van der Waals surface area contributed by atoms with Crippen molar-refractivity contribution in [2.24, 2.45) is 0 Å². The molecular formula is C12H15F2NO3. The van der Waals surface area contributed by atoms with Crippen molar-refractivity contribution in [1.29, 1.82) is 0 Å². The number of nitrogens with one attached hydrogen (secondary N) is 1. The molecule has 0 heterocycles. The Morgan fingerprint density at radius 3 is 2.72 bits per heavy atom. The van der Waals surface area contributed by atoms with Gasteiger partial charge < -0.3 is 15.2 Å². The molecule has 0 amide bonds. The van der Waals surface area contributed by atoms with Crippen LogP contribution in [-0.2, 0) is 9.53 Å². The van der Waals surface area contributed by atoms with E-state index in [0.717, 1.165) is 12.1 Å². The van der Waals surface area contributed by atoms with Gasteiger partial charge in [-0.05, 0) is 30.7 Å². The summed E-state index contributed by atoms with van der Waals surface area (Å²) in [5, 5.41) is 11.8. The number of aliphatic carboxylic acids is 1. The summed E-state index contributed by atoms with van der Waals surface area (Å²) in [7, 11) is 1.55. The van der Waals surface area contributed by atoms with Crippen molar-refractivity contribution in [3.8, 4) is 0 Å². The van der Waals surface area contributed by atoms with Crippen LogP contribution in [0.1, 0.15) is 18.0 Å². The van der Waals surface area contributed by atoms with Gasteiger partial charge in [0, 0.05) is 13.7 Å². The van der Waals surface area contributed by atoms with Crippen LogP contribution in [-0.4, -0.2) is 31.3 Å². The number of methoxy groups -OCH3 is 1. The summed E-state index contributed by atoms with van der Waals surface area (Å²) in [6.45, 7) is 0.904. The second-order valence-electron chi connectivity index (χ2n) is 3.75. The molecule has 2 N–H and O–H groups in total. The van der Waals surface area contributed by atoms with E-state index in [2.05, 4.69) is 5.32 Å². The highest BCUT2D eigenvalue weighted by atomic mass is 19.2. The van der Waals surface area contributed by atoms with Crippen molar-refractivity contribution >= 4 is 5.97 Å². The maximum Gasteiger partial charge on any atom is 0.325 e. The first kappa shape index (κ1) is 14.5. The van der Waals surface area contributed by atoms with Gasteiger partial charge in [0.1, 0.15) is 6.04 Å². The Morgan fingerprint density at radius 2 is 2.17 bits per heavy atom. The van der Waals surface area contributed by atoms with Crippen LogP contribution in [0.3, 0.4) is 0 Å². The van der Waals surface area contributed by atoms with Crippen molar-refractivity contribution in [1.82, 2.24) is 5.32 Å². The first-order valence-electron chi connectivity index (χ1n) is 5.46. The van der Waals surface area contributed by atoms with Gasteiger partial charge in [-0.2, -0.15) is 0 Å². The van der Waals surface area contributed by atoms with Crippen LogP contribution in [0.5, 0.6) is 0 Å². The monoisotopic (exact) mass is 259 g/mol. The van der Waals surface area contributed by atoms with E-state index in [0.29, 0.717) is 19.6 Å². The number of benzene rings is 1. The molecule has 1 aromatic rings. The van der Waals surface area contributed by atoms with Gasteiger partial charge in [-0.15, -0.1) is 0 Å². The van der Waals surface area contributed by atoms with E-state index < -0.39 is 23.6 Å². The predicted molar refractivity (Wildman–Crippen MR) is 61.2 cm³/mol. The van der Waals surface area contributed by atoms with Crippen molar-refractivity contribution in [3.05, 3.63) is 35.4 Å². The lowest BCUT2D eigenvalue weighted by atomic mass is 10.1. The quantitative estimate of drug-likeness (QED) is 0.732. The van der Waals surface area contributed by atoms with Crippen molar-refractivity contribution < 1.29 is 23.4 Å². The van der Waals surface area contributed by atoms with E-state index in [1.165, 1.54) is 6.07 Å². The SMILES string of the molecule is COCCCNC(C(=O)O)c1ccc(F)c(F)c1. The largest absolute Gasteiger partial charge is 0.480 e. The minimum absolute atomic E-state index is 0.179. The molecule has 0 aromatic heterocycles. The van der Waals surface area contributed by atoms with Gasteiger partial charge in [-0.1, -0.05) is 6.07 Å². The standard InChI is InChI=1S/C12H15F2NO3/c1-18-6-2-5-15-11(12(16)17)8-3-4-9(13)10(14)7-8/h3-4,7,11,15H,2,5-6H2,1H3,(H,16,17). The second kappa shape index (κ2) is 7.03. The second-order valence-corrected chi connectivity index (χ2v) is 3.75. The summed E-state index contributed by atoms with van der Waals surface area (Å²) in [6, 6.07) is 1.99. The maximum atomic E-state index is 13.0. The number of halogens is 2. The molecule has 1 unspecified atom stereocenters. The third-order valence-electron chi connectivity index (χ3n) is 2.40. The fourth-order valence-electron chi connectivity index (χ4n) is 1.50. The summed E-state index contributed by atoms with van der Waals surface area (Å²) in [4.78, 5) is 11.0. The number of hydrogen-bond acceptors (Lipinski definition) is 3. The summed E-state index contributed by atoms with van der Waals surface area (Å²) in [5.41, 5.74) is 0.179. The molecule has 0 aliphatic rings. The molecule has 0 spiro atoms. The molecular weight excluding hydrogens is 244 g/mol. The topological polar surface area (TPSA) is 58.6 Å². The van der Waals surface area contributed by atoms with Crippen LogP contribution in [0.25, 0.3) is 0 Å². The zero-order chi connectivity index (χ0) is 13.5. The zero-order valence-corrected chi connectivity index (χ0v) is 9.95. The normalized spacial score (nSPS) is 12.4. The van der Waals surface area contributed by atoms with E-state index in [-0.39, 0.29) is 5.56 Å². The van der Waals surface area contributed by atoms with Crippen LogP contribution in [0.2, 0.25) is 0 Å². The van der Waals surface area contributed by atoms with Gasteiger partial charge in [0.05, 0.1) is 0 Å². The predicted octanol–water partition coefficient (Wildman–Crippen LogP) is 1.72. The maximum absolute atomic E-state index is 13.0. The van der Waals surface area contributed by atoms with Crippen molar-refractivity contribution in [2.75, 3.05) is 20.3 Å². The molecule has 18 heavy (non-hydrogen) atoms. The summed E-state index contributed by atoms with van der Waals surface area (Å²) in [6.07, 6.45) is 0.629. The smallest absolute Gasteiger partial charge is 0.325 e. The Balaban J connectivity index is 2.71. The van der Waals surface area contributed by atoms with Crippen LogP contribution in [0, 0.1) is 11.6 Å². The Bertz CT molecular complexity index is 412. The molecule has 0 saturated heterocycles. The van der Waals surface area contributed by atoms with Crippen LogP contribution >= 0.6 is 0 Å². The Labute approximate surface area is 104 Å². The first-order valence-corrected chi connectivity index (χ1v) is 5.46. The third kappa shape index (κ3) is 4.05. The van der Waals surface area contributed by atoms with E-state index in [1.54, 1.807) is 7.11 Å². The van der Waals surface area contributed by atoms with Gasteiger partial charge in [-0.25, -0.2) is 8.78 Å². The highest BCUT2D eigenvalue weighted by molar-refractivity contribution is 5.75. The van der Waals surface area contributed by atoms with E-state index >= 15 is 0 Å². The lowest BCUT2D eigenvalue weighted by Crippen LogP contribution is -2.29. The average Bonchev–Trinajstić information content (AvgIpc) is 2.32. The van der Waals surface area contributed by atoms with Gasteiger partial charge in [0.2, 0.25) is 0 Å². The Kier molecular flexibility index (Phi) is 5.67. The number of carbonyl (C=O) groups is 1. The van der Waals surface area contributed by atoms with E-state index in [1.807, 2.05) is 0 Å². The molecule has 1 atom stereocenters. The van der Waals surface area contributed by atoms with Crippen molar-refractivity contribution in [2.45, 2.75) is 12.5 Å². The molecule has 0 bridgehead atoms. The summed E-state index contributed by atoms with van der Waals surface area (Å²) in [5.74, 6) is -3.20. The molecule has 6 heteroatoms. The first-order chi connectivity index (χ1) is 8.56. The van der Waals surface area contributed by atoms with Crippen LogP contribution in [0.15, 0.2) is 18.2 Å². The fourth-order valence-corrected chi connectivity index (χ4v) is 1.50. The van der Waals surface area contributed by atoms with Gasteiger partial charge in [0.15, 0.2) is 11.6 Å². The minimum atomic E-state index is -1.14. The zero-order valence-electron chi connectivity index (χ0n) is 9.95. The number of hydrogen-bond donors (Lipinski definition) is 2. The Hall–Kier alpha value is -1.53. The fraction of sp³-hybridized carbons (Fsp3) is 0.417. The highest BCUT2D eigenvalue weighted by Gasteiger charge is 2.20. The number of rotatable bonds is 7. The lowest BCUT2D eigenvalue weighted by molar-refractivity contribution is -0.139. The summed E-state index contributed by atoms with van der Waals surface area (Å²) >= 11 is 0. The molecule has 1 aromatic carbocycles. The average molecular weight is 259 g/mol. The minimum Gasteiger partial charge on any atom is -0.480 e. The molecule has 0 saturated carbocycles. The van der Waals surface area contributed by atoms with Gasteiger partial charge >= 0.3 is 5.97 Å². The van der Waals surface area contributed by atoms with Gasteiger partial charge in [0.25, 0.3) is 0 Å². The third-order valence-corrected chi connectivity index (χ3v) is 2.40. The Morgan fingerprint density at radius 1 is 1.44 bits per heavy atom. The van der Waals surface area contributed by atoms with Crippen LogP contribution < -0.4 is 5.32 Å². The highest BCUT2D eigenvalue weighted by Crippen LogP contribution is 2.16.